The Morgan fingerprint density at radius 3 is 2.84 bits per heavy atom. The minimum Gasteiger partial charge on any atom is -0.463 e. The Hall–Kier alpha value is -1.91. The second kappa shape index (κ2) is 6.11. The maximum atomic E-state index is 13.2. The van der Waals surface area contributed by atoms with Crippen LogP contribution < -0.4 is 0 Å². The SMILES string of the molecule is O=C1C[C@@H](Sc2nc(-c3ccco3)cc(C(F)(F)F)n2)[C@@H]2CO[C@@H]1O2. The maximum absolute atomic E-state index is 13.2. The summed E-state index contributed by atoms with van der Waals surface area (Å²) in [5.74, 6) is -0.0283. The first-order valence-corrected chi connectivity index (χ1v) is 8.25. The van der Waals surface area contributed by atoms with E-state index in [1.165, 1.54) is 12.3 Å². The zero-order valence-corrected chi connectivity index (χ0v) is 13.3. The molecule has 3 atom stereocenters. The van der Waals surface area contributed by atoms with Crippen LogP contribution in [0, 0.1) is 0 Å². The van der Waals surface area contributed by atoms with Crippen LogP contribution in [0.3, 0.4) is 0 Å². The van der Waals surface area contributed by atoms with E-state index in [2.05, 4.69) is 9.97 Å². The van der Waals surface area contributed by atoms with Crippen molar-refractivity contribution >= 4 is 17.5 Å². The van der Waals surface area contributed by atoms with Crippen molar-refractivity contribution in [2.45, 2.75) is 35.4 Å². The number of carbonyl (C=O) groups excluding carboxylic acids is 1. The average molecular weight is 372 g/mol. The van der Waals surface area contributed by atoms with Crippen LogP contribution in [0.4, 0.5) is 13.2 Å². The van der Waals surface area contributed by atoms with Crippen LogP contribution in [0.1, 0.15) is 12.1 Å². The largest absolute Gasteiger partial charge is 0.463 e. The predicted octanol–water partition coefficient (Wildman–Crippen LogP) is 2.93. The summed E-state index contributed by atoms with van der Waals surface area (Å²) in [7, 11) is 0. The first kappa shape index (κ1) is 16.6. The Morgan fingerprint density at radius 1 is 1.28 bits per heavy atom. The third-order valence-corrected chi connectivity index (χ3v) is 4.98. The highest BCUT2D eigenvalue weighted by atomic mass is 32.2. The standard InChI is InChI=1S/C15H11F3N2O4S/c16-15(17,18)12-4-7(9-2-1-3-22-9)19-14(20-12)25-11-5-8(21)13-23-6-10(11)24-13/h1-4,10-11,13H,5-6H2/t10-,11+,13+/m0/s1. The van der Waals surface area contributed by atoms with Gasteiger partial charge >= 0.3 is 6.18 Å². The molecule has 0 N–H and O–H groups in total. The third-order valence-electron chi connectivity index (χ3n) is 3.82. The summed E-state index contributed by atoms with van der Waals surface area (Å²) in [6, 6.07) is 3.90. The van der Waals surface area contributed by atoms with Crippen molar-refractivity contribution in [2.24, 2.45) is 0 Å². The van der Waals surface area contributed by atoms with Gasteiger partial charge in [-0.25, -0.2) is 9.97 Å². The summed E-state index contributed by atoms with van der Waals surface area (Å²) < 4.78 is 55.2. The summed E-state index contributed by atoms with van der Waals surface area (Å²) in [6.45, 7) is 0.220. The lowest BCUT2D eigenvalue weighted by Gasteiger charge is -2.25. The molecule has 0 aliphatic carbocycles. The highest BCUT2D eigenvalue weighted by molar-refractivity contribution is 7.99. The smallest absolute Gasteiger partial charge is 0.433 e. The van der Waals surface area contributed by atoms with E-state index in [0.29, 0.717) is 0 Å². The van der Waals surface area contributed by atoms with Crippen LogP contribution >= 0.6 is 11.8 Å². The fourth-order valence-electron chi connectivity index (χ4n) is 2.64. The van der Waals surface area contributed by atoms with E-state index in [-0.39, 0.29) is 41.5 Å². The highest BCUT2D eigenvalue weighted by Crippen LogP contribution is 2.37. The molecule has 0 spiro atoms. The van der Waals surface area contributed by atoms with Gasteiger partial charge in [-0.05, 0) is 18.2 Å². The monoisotopic (exact) mass is 372 g/mol. The minimum atomic E-state index is -4.62. The van der Waals surface area contributed by atoms with Gasteiger partial charge in [0.1, 0.15) is 11.4 Å². The Labute approximate surface area is 143 Å². The van der Waals surface area contributed by atoms with Crippen molar-refractivity contribution in [1.29, 1.82) is 0 Å². The molecule has 2 bridgehead atoms. The number of fused-ring (bicyclic) bond motifs is 2. The quantitative estimate of drug-likeness (QED) is 0.767. The number of carbonyl (C=O) groups is 1. The number of hydrogen-bond acceptors (Lipinski definition) is 7. The lowest BCUT2D eigenvalue weighted by Crippen LogP contribution is -2.37. The summed E-state index contributed by atoms with van der Waals surface area (Å²) in [5.41, 5.74) is -1.04. The molecule has 2 fully saturated rings. The molecule has 2 aromatic heterocycles. The molecule has 2 aliphatic rings. The number of ketones is 1. The zero-order valence-electron chi connectivity index (χ0n) is 12.5. The van der Waals surface area contributed by atoms with Crippen molar-refractivity contribution in [2.75, 3.05) is 6.61 Å². The Kier molecular flexibility index (Phi) is 4.05. The first-order chi connectivity index (χ1) is 11.9. The van der Waals surface area contributed by atoms with Gasteiger partial charge in [-0.3, -0.25) is 4.79 Å². The maximum Gasteiger partial charge on any atom is 0.433 e. The topological polar surface area (TPSA) is 74.5 Å². The van der Waals surface area contributed by atoms with E-state index in [4.69, 9.17) is 13.9 Å². The number of furan rings is 1. The van der Waals surface area contributed by atoms with E-state index in [1.807, 2.05) is 0 Å². The lowest BCUT2D eigenvalue weighted by atomic mass is 10.1. The number of Topliss-reactive ketones (excluding diaryl/α,β-unsaturated/α-hetero) is 1. The molecule has 4 rings (SSSR count). The van der Waals surface area contributed by atoms with Gasteiger partial charge in [0.15, 0.2) is 16.7 Å². The van der Waals surface area contributed by atoms with Gasteiger partial charge in [-0.2, -0.15) is 13.2 Å². The van der Waals surface area contributed by atoms with Crippen LogP contribution in [0.25, 0.3) is 11.5 Å². The summed E-state index contributed by atoms with van der Waals surface area (Å²) in [6.07, 6.45) is -4.38. The number of nitrogens with zero attached hydrogens (tertiary/aromatic N) is 2. The number of aromatic nitrogens is 2. The van der Waals surface area contributed by atoms with Crippen molar-refractivity contribution in [1.82, 2.24) is 9.97 Å². The van der Waals surface area contributed by atoms with Crippen molar-refractivity contribution in [3.8, 4) is 11.5 Å². The van der Waals surface area contributed by atoms with Gasteiger partial charge in [0.2, 0.25) is 6.29 Å². The second-order valence-electron chi connectivity index (χ2n) is 5.56. The molecule has 2 aliphatic heterocycles. The Bertz CT molecular complexity index is 797. The number of alkyl halides is 3. The van der Waals surface area contributed by atoms with Gasteiger partial charge in [0.05, 0.1) is 19.0 Å². The number of rotatable bonds is 3. The molecule has 2 saturated heterocycles. The minimum absolute atomic E-state index is 0.0263. The molecule has 25 heavy (non-hydrogen) atoms. The van der Waals surface area contributed by atoms with Crippen LogP contribution in [0.15, 0.2) is 34.0 Å². The molecule has 132 valence electrons. The van der Waals surface area contributed by atoms with Crippen LogP contribution in [0.2, 0.25) is 0 Å². The molecule has 2 aromatic rings. The van der Waals surface area contributed by atoms with E-state index >= 15 is 0 Å². The molecule has 0 radical (unpaired) electrons. The van der Waals surface area contributed by atoms with Gasteiger partial charge in [-0.1, -0.05) is 11.8 Å². The number of hydrogen-bond donors (Lipinski definition) is 0. The Balaban J connectivity index is 1.66. The fraction of sp³-hybridized carbons (Fsp3) is 0.400. The summed E-state index contributed by atoms with van der Waals surface area (Å²) in [4.78, 5) is 19.6. The molecular formula is C15H11F3N2O4S. The number of thioether (sulfide) groups is 1. The van der Waals surface area contributed by atoms with E-state index in [0.717, 1.165) is 17.8 Å². The van der Waals surface area contributed by atoms with Gasteiger partial charge < -0.3 is 13.9 Å². The normalized spacial score (nSPS) is 26.2. The highest BCUT2D eigenvalue weighted by Gasteiger charge is 2.44. The first-order valence-electron chi connectivity index (χ1n) is 7.37. The van der Waals surface area contributed by atoms with Gasteiger partial charge in [-0.15, -0.1) is 0 Å². The molecule has 10 heteroatoms. The summed E-state index contributed by atoms with van der Waals surface area (Å²) >= 11 is 0.980. The van der Waals surface area contributed by atoms with Crippen LogP contribution in [-0.4, -0.2) is 40.0 Å². The summed E-state index contributed by atoms with van der Waals surface area (Å²) in [5, 5.41) is -0.493. The molecule has 0 aromatic carbocycles. The van der Waals surface area contributed by atoms with Crippen LogP contribution in [-0.2, 0) is 20.4 Å². The van der Waals surface area contributed by atoms with E-state index < -0.39 is 23.4 Å². The molecule has 0 saturated carbocycles. The van der Waals surface area contributed by atoms with Gasteiger partial charge in [0.25, 0.3) is 0 Å². The molecule has 0 amide bonds. The van der Waals surface area contributed by atoms with Crippen molar-refractivity contribution < 1.29 is 31.9 Å². The molecule has 4 heterocycles. The Morgan fingerprint density at radius 2 is 2.12 bits per heavy atom. The second-order valence-corrected chi connectivity index (χ2v) is 6.77. The molecule has 0 unspecified atom stereocenters. The van der Waals surface area contributed by atoms with Crippen molar-refractivity contribution in [3.05, 3.63) is 30.2 Å². The van der Waals surface area contributed by atoms with Gasteiger partial charge in [0, 0.05) is 11.7 Å². The molecule has 6 nitrogen and oxygen atoms in total. The zero-order chi connectivity index (χ0) is 17.6. The number of ether oxygens (including phenoxy) is 2. The molecular weight excluding hydrogens is 361 g/mol. The average Bonchev–Trinajstić information content (AvgIpc) is 3.23. The van der Waals surface area contributed by atoms with Crippen molar-refractivity contribution in [3.63, 3.8) is 0 Å². The van der Waals surface area contributed by atoms with Crippen LogP contribution in [0.5, 0.6) is 0 Å². The lowest BCUT2D eigenvalue weighted by molar-refractivity contribution is -0.151. The van der Waals surface area contributed by atoms with E-state index in [9.17, 15) is 18.0 Å². The van der Waals surface area contributed by atoms with E-state index in [1.54, 1.807) is 6.07 Å². The number of halogens is 3. The fourth-order valence-corrected chi connectivity index (χ4v) is 3.75. The third kappa shape index (κ3) is 3.29. The predicted molar refractivity (Wildman–Crippen MR) is 78.6 cm³/mol.